The van der Waals surface area contributed by atoms with Gasteiger partial charge < -0.3 is 19.1 Å². The van der Waals surface area contributed by atoms with Crippen LogP contribution < -0.4 is 14.2 Å². The highest BCUT2D eigenvalue weighted by molar-refractivity contribution is 5.80. The molecule has 0 aliphatic heterocycles. The third-order valence-electron chi connectivity index (χ3n) is 3.70. The van der Waals surface area contributed by atoms with Crippen molar-refractivity contribution in [2.75, 3.05) is 21.3 Å². The quantitative estimate of drug-likeness (QED) is 0.783. The first-order chi connectivity index (χ1) is 11.5. The summed E-state index contributed by atoms with van der Waals surface area (Å²) in [6.07, 6.45) is -0.585. The maximum absolute atomic E-state index is 12.5. The monoisotopic (exact) mass is 329 g/mol. The Morgan fingerprint density at radius 3 is 2.25 bits per heavy atom. The van der Waals surface area contributed by atoms with Crippen LogP contribution in [0.25, 0.3) is 0 Å². The molecule has 0 heterocycles. The predicted octanol–water partition coefficient (Wildman–Crippen LogP) is 3.13. The Morgan fingerprint density at radius 1 is 1.00 bits per heavy atom. The van der Waals surface area contributed by atoms with E-state index in [2.05, 4.69) is 0 Å². The van der Waals surface area contributed by atoms with Gasteiger partial charge in [0.15, 0.2) is 6.10 Å². The van der Waals surface area contributed by atoms with Gasteiger partial charge in [0.05, 0.1) is 14.2 Å². The van der Waals surface area contributed by atoms with Gasteiger partial charge in [0.2, 0.25) is 0 Å². The Labute approximate surface area is 142 Å². The molecule has 24 heavy (non-hydrogen) atoms. The number of ether oxygens (including phenoxy) is 3. The Kier molecular flexibility index (Phi) is 6.07. The van der Waals surface area contributed by atoms with E-state index in [0.29, 0.717) is 12.3 Å². The second-order valence-electron chi connectivity index (χ2n) is 5.44. The molecule has 1 amide bonds. The molecule has 2 rings (SSSR count). The van der Waals surface area contributed by atoms with E-state index in [1.54, 1.807) is 57.4 Å². The van der Waals surface area contributed by atoms with E-state index in [9.17, 15) is 4.79 Å². The van der Waals surface area contributed by atoms with Crippen LogP contribution in [-0.4, -0.2) is 38.2 Å². The number of hydrogen-bond donors (Lipinski definition) is 0. The lowest BCUT2D eigenvalue weighted by Gasteiger charge is -2.23. The van der Waals surface area contributed by atoms with Gasteiger partial charge >= 0.3 is 0 Å². The van der Waals surface area contributed by atoms with Crippen LogP contribution in [0.3, 0.4) is 0 Å². The van der Waals surface area contributed by atoms with Crippen LogP contribution >= 0.6 is 0 Å². The number of para-hydroxylation sites is 1. The molecular weight excluding hydrogens is 306 g/mol. The third-order valence-corrected chi connectivity index (χ3v) is 3.70. The van der Waals surface area contributed by atoms with Gasteiger partial charge in [-0.05, 0) is 37.3 Å². The molecular formula is C19H23NO4. The lowest BCUT2D eigenvalue weighted by molar-refractivity contribution is -0.137. The number of carbonyl (C=O) groups excluding carboxylic acids is 1. The van der Waals surface area contributed by atoms with E-state index in [1.807, 2.05) is 24.3 Å². The van der Waals surface area contributed by atoms with E-state index in [4.69, 9.17) is 14.2 Å². The second-order valence-corrected chi connectivity index (χ2v) is 5.44. The molecule has 0 aliphatic carbocycles. The van der Waals surface area contributed by atoms with Crippen LogP contribution in [0.5, 0.6) is 17.2 Å². The number of benzene rings is 2. The van der Waals surface area contributed by atoms with Gasteiger partial charge in [-0.2, -0.15) is 0 Å². The zero-order valence-corrected chi connectivity index (χ0v) is 14.5. The normalized spacial score (nSPS) is 11.5. The van der Waals surface area contributed by atoms with Gasteiger partial charge in [0.1, 0.15) is 17.2 Å². The Bertz CT molecular complexity index is 669. The van der Waals surface area contributed by atoms with E-state index >= 15 is 0 Å². The van der Waals surface area contributed by atoms with Crippen molar-refractivity contribution in [3.05, 3.63) is 54.1 Å². The van der Waals surface area contributed by atoms with Crippen molar-refractivity contribution in [2.45, 2.75) is 19.6 Å². The molecule has 2 aromatic carbocycles. The molecule has 0 aromatic heterocycles. The van der Waals surface area contributed by atoms with E-state index < -0.39 is 6.10 Å². The highest BCUT2D eigenvalue weighted by atomic mass is 16.5. The first-order valence-corrected chi connectivity index (χ1v) is 7.72. The zero-order valence-electron chi connectivity index (χ0n) is 14.5. The molecule has 5 heteroatoms. The molecule has 0 bridgehead atoms. The average Bonchev–Trinajstić information content (AvgIpc) is 2.62. The predicted molar refractivity (Wildman–Crippen MR) is 92.6 cm³/mol. The fourth-order valence-corrected chi connectivity index (χ4v) is 2.39. The summed E-state index contributed by atoms with van der Waals surface area (Å²) in [4.78, 5) is 14.1. The van der Waals surface area contributed by atoms with Crippen molar-refractivity contribution in [1.29, 1.82) is 0 Å². The first kappa shape index (κ1) is 17.7. The molecule has 0 spiro atoms. The number of hydrogen-bond acceptors (Lipinski definition) is 4. The van der Waals surface area contributed by atoms with Crippen molar-refractivity contribution < 1.29 is 19.0 Å². The SMILES string of the molecule is COc1ccc(O[C@@H](C)C(=O)N(C)Cc2ccccc2OC)cc1. The molecule has 0 saturated carbocycles. The second kappa shape index (κ2) is 8.24. The highest BCUT2D eigenvalue weighted by Crippen LogP contribution is 2.21. The molecule has 0 saturated heterocycles. The summed E-state index contributed by atoms with van der Waals surface area (Å²) in [7, 11) is 4.98. The molecule has 0 unspecified atom stereocenters. The number of likely N-dealkylation sites (N-methyl/N-ethyl adjacent to an activating group) is 1. The molecule has 0 N–H and O–H groups in total. The van der Waals surface area contributed by atoms with E-state index in [-0.39, 0.29) is 5.91 Å². The lowest BCUT2D eigenvalue weighted by Crippen LogP contribution is -2.37. The highest BCUT2D eigenvalue weighted by Gasteiger charge is 2.20. The summed E-state index contributed by atoms with van der Waals surface area (Å²) in [5, 5.41) is 0. The van der Waals surface area contributed by atoms with Crippen molar-refractivity contribution in [1.82, 2.24) is 4.90 Å². The van der Waals surface area contributed by atoms with Crippen LogP contribution in [0.2, 0.25) is 0 Å². The van der Waals surface area contributed by atoms with Gasteiger partial charge in [0.25, 0.3) is 5.91 Å². The van der Waals surface area contributed by atoms with Crippen molar-refractivity contribution >= 4 is 5.91 Å². The molecule has 128 valence electrons. The fraction of sp³-hybridized carbons (Fsp3) is 0.316. The number of methoxy groups -OCH3 is 2. The summed E-state index contributed by atoms with van der Waals surface area (Å²) >= 11 is 0. The average molecular weight is 329 g/mol. The summed E-state index contributed by atoms with van der Waals surface area (Å²) in [5.41, 5.74) is 0.951. The third kappa shape index (κ3) is 4.41. The van der Waals surface area contributed by atoms with Crippen LogP contribution in [0.4, 0.5) is 0 Å². The van der Waals surface area contributed by atoms with Crippen LogP contribution in [0.15, 0.2) is 48.5 Å². The Hall–Kier alpha value is -2.69. The summed E-state index contributed by atoms with van der Waals surface area (Å²) in [5.74, 6) is 2.04. The van der Waals surface area contributed by atoms with E-state index in [0.717, 1.165) is 17.1 Å². The standard InChI is InChI=1S/C19H23NO4/c1-14(24-17-11-9-16(22-3)10-12-17)19(21)20(2)13-15-7-5-6-8-18(15)23-4/h5-12,14H,13H2,1-4H3/t14-/m0/s1. The minimum atomic E-state index is -0.585. The number of nitrogens with zero attached hydrogens (tertiary/aromatic N) is 1. The van der Waals surface area contributed by atoms with E-state index in [1.165, 1.54) is 0 Å². The van der Waals surface area contributed by atoms with Gasteiger partial charge in [-0.3, -0.25) is 4.79 Å². The van der Waals surface area contributed by atoms with Crippen molar-refractivity contribution in [3.63, 3.8) is 0 Å². The van der Waals surface area contributed by atoms with Gasteiger partial charge in [0, 0.05) is 19.2 Å². The minimum Gasteiger partial charge on any atom is -0.497 e. The molecule has 0 radical (unpaired) electrons. The molecule has 5 nitrogen and oxygen atoms in total. The topological polar surface area (TPSA) is 48.0 Å². The van der Waals surface area contributed by atoms with Crippen LogP contribution in [0, 0.1) is 0 Å². The van der Waals surface area contributed by atoms with Crippen LogP contribution in [-0.2, 0) is 11.3 Å². The number of amides is 1. The fourth-order valence-electron chi connectivity index (χ4n) is 2.39. The molecule has 0 fully saturated rings. The molecule has 2 aromatic rings. The maximum atomic E-state index is 12.5. The summed E-state index contributed by atoms with van der Waals surface area (Å²) < 4.78 is 16.1. The Balaban J connectivity index is 1.98. The minimum absolute atomic E-state index is 0.100. The van der Waals surface area contributed by atoms with Gasteiger partial charge in [-0.25, -0.2) is 0 Å². The van der Waals surface area contributed by atoms with Crippen molar-refractivity contribution in [2.24, 2.45) is 0 Å². The van der Waals surface area contributed by atoms with Crippen LogP contribution in [0.1, 0.15) is 12.5 Å². The number of carbonyl (C=O) groups is 1. The summed E-state index contributed by atoms with van der Waals surface area (Å²) in [6.45, 7) is 2.20. The summed E-state index contributed by atoms with van der Waals surface area (Å²) in [6, 6.07) is 14.8. The smallest absolute Gasteiger partial charge is 0.263 e. The van der Waals surface area contributed by atoms with Gasteiger partial charge in [-0.1, -0.05) is 18.2 Å². The zero-order chi connectivity index (χ0) is 17.5. The first-order valence-electron chi connectivity index (χ1n) is 7.72. The van der Waals surface area contributed by atoms with Crippen molar-refractivity contribution in [3.8, 4) is 17.2 Å². The molecule has 1 atom stereocenters. The molecule has 0 aliphatic rings. The van der Waals surface area contributed by atoms with Gasteiger partial charge in [-0.15, -0.1) is 0 Å². The lowest BCUT2D eigenvalue weighted by atomic mass is 10.2. The Morgan fingerprint density at radius 2 is 1.62 bits per heavy atom. The number of rotatable bonds is 7. The maximum Gasteiger partial charge on any atom is 0.263 e. The largest absolute Gasteiger partial charge is 0.497 e.